The molecule has 0 aliphatic carbocycles. The molecule has 5 heteroatoms. The van der Waals surface area contributed by atoms with Gasteiger partial charge in [-0.1, -0.05) is 18.2 Å². The molecule has 1 heterocycles. The first kappa shape index (κ1) is 17.1. The Hall–Kier alpha value is -1.91. The van der Waals surface area contributed by atoms with Crippen LogP contribution in [0.5, 0.6) is 0 Å². The molecule has 2 N–H and O–H groups in total. The zero-order valence-electron chi connectivity index (χ0n) is 12.2. The number of amides is 1. The van der Waals surface area contributed by atoms with Crippen LogP contribution in [0.4, 0.5) is 5.69 Å². The van der Waals surface area contributed by atoms with E-state index in [1.54, 1.807) is 12.4 Å². The van der Waals surface area contributed by atoms with E-state index in [9.17, 15) is 4.79 Å². The van der Waals surface area contributed by atoms with Gasteiger partial charge in [-0.15, -0.1) is 12.4 Å². The van der Waals surface area contributed by atoms with E-state index in [-0.39, 0.29) is 18.3 Å². The minimum absolute atomic E-state index is 0. The fourth-order valence-corrected chi connectivity index (χ4v) is 2.02. The van der Waals surface area contributed by atoms with Crippen LogP contribution < -0.4 is 10.6 Å². The number of carbonyl (C=O) groups is 1. The number of pyridine rings is 1. The van der Waals surface area contributed by atoms with E-state index in [1.165, 1.54) is 0 Å². The highest BCUT2D eigenvalue weighted by atomic mass is 35.5. The summed E-state index contributed by atoms with van der Waals surface area (Å²) in [7, 11) is 1.91. The highest BCUT2D eigenvalue weighted by molar-refractivity contribution is 6.05. The minimum Gasteiger partial charge on any atom is -0.322 e. The first-order valence-corrected chi connectivity index (χ1v) is 6.67. The lowest BCUT2D eigenvalue weighted by molar-refractivity contribution is 0.102. The van der Waals surface area contributed by atoms with Gasteiger partial charge >= 0.3 is 0 Å². The van der Waals surface area contributed by atoms with Crippen LogP contribution in [0, 0.1) is 6.92 Å². The lowest BCUT2D eigenvalue weighted by atomic mass is 10.0. The average Bonchev–Trinajstić information content (AvgIpc) is 2.47. The van der Waals surface area contributed by atoms with Gasteiger partial charge in [0.05, 0.1) is 0 Å². The number of nitrogens with one attached hydrogen (secondary N) is 2. The molecule has 0 atom stereocenters. The van der Waals surface area contributed by atoms with E-state index in [0.717, 1.165) is 35.3 Å². The average molecular weight is 306 g/mol. The Bertz CT molecular complexity index is 602. The van der Waals surface area contributed by atoms with Crippen molar-refractivity contribution < 1.29 is 4.79 Å². The van der Waals surface area contributed by atoms with Gasteiger partial charge in [0.2, 0.25) is 0 Å². The third-order valence-corrected chi connectivity index (χ3v) is 3.17. The molecule has 0 unspecified atom stereocenters. The van der Waals surface area contributed by atoms with Crippen molar-refractivity contribution >= 4 is 24.0 Å². The summed E-state index contributed by atoms with van der Waals surface area (Å²) in [6, 6.07) is 9.50. The summed E-state index contributed by atoms with van der Waals surface area (Å²) in [5, 5.41) is 6.05. The number of benzene rings is 1. The zero-order chi connectivity index (χ0) is 14.4. The lowest BCUT2D eigenvalue weighted by Crippen LogP contribution is -2.17. The number of aryl methyl sites for hydroxylation is 1. The van der Waals surface area contributed by atoms with E-state index in [2.05, 4.69) is 15.6 Å². The van der Waals surface area contributed by atoms with Gasteiger partial charge in [-0.25, -0.2) is 0 Å². The summed E-state index contributed by atoms with van der Waals surface area (Å²) in [4.78, 5) is 16.4. The number of carbonyl (C=O) groups excluding carboxylic acids is 1. The van der Waals surface area contributed by atoms with Gasteiger partial charge in [-0.2, -0.15) is 0 Å². The Balaban J connectivity index is 0.00000220. The quantitative estimate of drug-likeness (QED) is 0.893. The third kappa shape index (κ3) is 4.55. The zero-order valence-corrected chi connectivity index (χ0v) is 13.0. The van der Waals surface area contributed by atoms with Gasteiger partial charge in [0, 0.05) is 23.6 Å². The number of nitrogens with zero attached hydrogens (tertiary/aromatic N) is 1. The molecule has 0 saturated heterocycles. The number of likely N-dealkylation sites (N-methyl/N-ethyl adjacent to an activating group) is 1. The monoisotopic (exact) mass is 305 g/mol. The minimum atomic E-state index is -0.0778. The molecule has 0 aliphatic rings. The second-order valence-corrected chi connectivity index (χ2v) is 4.66. The summed E-state index contributed by atoms with van der Waals surface area (Å²) in [6.07, 6.45) is 4.24. The standard InChI is InChI=1S/C16H19N3O.ClH/c1-12-11-18-10-8-15(12)19-16(20)14-6-4-3-5-13(14)7-9-17-2;/h3-6,8,10-11,17H,7,9H2,1-2H3,(H,18,19,20);1H. The Morgan fingerprint density at radius 2 is 2.00 bits per heavy atom. The fraction of sp³-hybridized carbons (Fsp3) is 0.250. The highest BCUT2D eigenvalue weighted by Gasteiger charge is 2.11. The number of rotatable bonds is 5. The largest absolute Gasteiger partial charge is 0.322 e. The number of halogens is 1. The van der Waals surface area contributed by atoms with Crippen molar-refractivity contribution in [1.82, 2.24) is 10.3 Å². The lowest BCUT2D eigenvalue weighted by Gasteiger charge is -2.11. The molecule has 21 heavy (non-hydrogen) atoms. The van der Waals surface area contributed by atoms with Crippen molar-refractivity contribution in [3.63, 3.8) is 0 Å². The number of aromatic nitrogens is 1. The normalized spacial score (nSPS) is 9.81. The van der Waals surface area contributed by atoms with Crippen molar-refractivity contribution in [2.75, 3.05) is 18.9 Å². The van der Waals surface area contributed by atoms with Gasteiger partial charge in [-0.05, 0) is 50.2 Å². The molecule has 1 aromatic heterocycles. The molecule has 1 aromatic carbocycles. The van der Waals surface area contributed by atoms with E-state index in [1.807, 2.05) is 44.3 Å². The van der Waals surface area contributed by atoms with Crippen LogP contribution in [0.15, 0.2) is 42.7 Å². The van der Waals surface area contributed by atoms with E-state index in [0.29, 0.717) is 0 Å². The van der Waals surface area contributed by atoms with Crippen molar-refractivity contribution in [3.05, 3.63) is 59.4 Å². The Kier molecular flexibility index (Phi) is 6.85. The molecule has 2 aromatic rings. The van der Waals surface area contributed by atoms with Crippen molar-refractivity contribution in [2.45, 2.75) is 13.3 Å². The van der Waals surface area contributed by atoms with Gasteiger partial charge in [0.15, 0.2) is 0 Å². The molecule has 0 radical (unpaired) electrons. The summed E-state index contributed by atoms with van der Waals surface area (Å²) < 4.78 is 0. The smallest absolute Gasteiger partial charge is 0.255 e. The summed E-state index contributed by atoms with van der Waals surface area (Å²) in [5.74, 6) is -0.0778. The molecule has 0 bridgehead atoms. The number of hydrogen-bond donors (Lipinski definition) is 2. The second kappa shape index (κ2) is 8.39. The first-order chi connectivity index (χ1) is 9.72. The van der Waals surface area contributed by atoms with Crippen molar-refractivity contribution in [1.29, 1.82) is 0 Å². The van der Waals surface area contributed by atoms with E-state index in [4.69, 9.17) is 0 Å². The Morgan fingerprint density at radius 3 is 2.71 bits per heavy atom. The predicted molar refractivity (Wildman–Crippen MR) is 88.2 cm³/mol. The summed E-state index contributed by atoms with van der Waals surface area (Å²) in [6.45, 7) is 2.77. The van der Waals surface area contributed by atoms with Crippen LogP contribution in [0.25, 0.3) is 0 Å². The fourth-order valence-electron chi connectivity index (χ4n) is 2.02. The van der Waals surface area contributed by atoms with Crippen LogP contribution in [0.2, 0.25) is 0 Å². The molecular formula is C16H20ClN3O. The SMILES string of the molecule is CNCCc1ccccc1C(=O)Nc1ccncc1C.Cl. The predicted octanol–water partition coefficient (Wildman–Crippen LogP) is 2.83. The van der Waals surface area contributed by atoms with Gasteiger partial charge < -0.3 is 10.6 Å². The van der Waals surface area contributed by atoms with Crippen LogP contribution in [-0.2, 0) is 6.42 Å². The molecule has 2 rings (SSSR count). The molecule has 4 nitrogen and oxygen atoms in total. The van der Waals surface area contributed by atoms with Crippen LogP contribution in [0.1, 0.15) is 21.5 Å². The van der Waals surface area contributed by atoms with E-state index >= 15 is 0 Å². The Morgan fingerprint density at radius 1 is 1.24 bits per heavy atom. The van der Waals surface area contributed by atoms with Crippen molar-refractivity contribution in [2.24, 2.45) is 0 Å². The first-order valence-electron chi connectivity index (χ1n) is 6.67. The maximum atomic E-state index is 12.4. The maximum Gasteiger partial charge on any atom is 0.255 e. The summed E-state index contributed by atoms with van der Waals surface area (Å²) in [5.41, 5.74) is 3.52. The highest BCUT2D eigenvalue weighted by Crippen LogP contribution is 2.15. The van der Waals surface area contributed by atoms with Crippen molar-refractivity contribution in [3.8, 4) is 0 Å². The molecule has 112 valence electrons. The maximum absolute atomic E-state index is 12.4. The molecule has 0 fully saturated rings. The number of anilines is 1. The molecule has 0 aliphatic heterocycles. The Labute approximate surface area is 131 Å². The molecular weight excluding hydrogens is 286 g/mol. The third-order valence-electron chi connectivity index (χ3n) is 3.17. The van der Waals surface area contributed by atoms with Gasteiger partial charge in [0.1, 0.15) is 0 Å². The van der Waals surface area contributed by atoms with Crippen LogP contribution in [-0.4, -0.2) is 24.5 Å². The van der Waals surface area contributed by atoms with Crippen LogP contribution >= 0.6 is 12.4 Å². The topological polar surface area (TPSA) is 54.0 Å². The molecule has 0 saturated carbocycles. The van der Waals surface area contributed by atoms with Crippen LogP contribution in [0.3, 0.4) is 0 Å². The molecule has 1 amide bonds. The summed E-state index contributed by atoms with van der Waals surface area (Å²) >= 11 is 0. The van der Waals surface area contributed by atoms with Gasteiger partial charge in [-0.3, -0.25) is 9.78 Å². The van der Waals surface area contributed by atoms with Gasteiger partial charge in [0.25, 0.3) is 5.91 Å². The second-order valence-electron chi connectivity index (χ2n) is 4.66. The molecule has 0 spiro atoms. The number of hydrogen-bond acceptors (Lipinski definition) is 3. The van der Waals surface area contributed by atoms with E-state index < -0.39 is 0 Å².